The van der Waals surface area contributed by atoms with E-state index in [-0.39, 0.29) is 12.5 Å². The number of ether oxygens (including phenoxy) is 1. The molecule has 202 valence electrons. The van der Waals surface area contributed by atoms with Crippen LogP contribution in [0.3, 0.4) is 0 Å². The molecule has 4 N–H and O–H groups in total. The smallest absolute Gasteiger partial charge is 0.408 e. The minimum absolute atomic E-state index is 0.241. The number of carbonyl (C=O) groups is 4. The van der Waals surface area contributed by atoms with E-state index in [4.69, 9.17) is 10.5 Å². The molecule has 0 saturated carbocycles. The quantitative estimate of drug-likeness (QED) is 0.353. The van der Waals surface area contributed by atoms with Crippen LogP contribution in [0, 0.1) is 13.8 Å². The van der Waals surface area contributed by atoms with Gasteiger partial charge in [0.05, 0.1) is 6.42 Å². The molecule has 0 aliphatic rings. The maximum absolute atomic E-state index is 13.8. The van der Waals surface area contributed by atoms with Gasteiger partial charge in [0, 0.05) is 13.1 Å². The fourth-order valence-corrected chi connectivity index (χ4v) is 3.86. The van der Waals surface area contributed by atoms with E-state index < -0.39 is 42.0 Å². The van der Waals surface area contributed by atoms with Crippen LogP contribution in [0.2, 0.25) is 0 Å². The van der Waals surface area contributed by atoms with Crippen molar-refractivity contribution in [3.63, 3.8) is 0 Å². The zero-order chi connectivity index (χ0) is 27.5. The van der Waals surface area contributed by atoms with E-state index in [1.807, 2.05) is 39.0 Å². The second kappa shape index (κ2) is 14.5. The van der Waals surface area contributed by atoms with Crippen LogP contribution in [0.25, 0.3) is 0 Å². The monoisotopic (exact) mass is 504 g/mol. The van der Waals surface area contributed by atoms with E-state index in [1.54, 1.807) is 20.8 Å². The second-order valence-electron chi connectivity index (χ2n) is 10.1. The molecular formula is C27H44N4O5. The Morgan fingerprint density at radius 2 is 1.72 bits per heavy atom. The van der Waals surface area contributed by atoms with E-state index in [9.17, 15) is 19.2 Å². The molecule has 9 nitrogen and oxygen atoms in total. The SMILES string of the molecule is CCCCCNC(=O)C(c1cccc(C)c1C)N(CCC)C(=O)C(CC(N)=O)NC(=O)OC(C)(C)C. The van der Waals surface area contributed by atoms with Crippen molar-refractivity contribution in [2.75, 3.05) is 13.1 Å². The van der Waals surface area contributed by atoms with Crippen LogP contribution in [-0.2, 0) is 19.1 Å². The number of hydrogen-bond donors (Lipinski definition) is 3. The van der Waals surface area contributed by atoms with Crippen LogP contribution in [0.5, 0.6) is 0 Å². The van der Waals surface area contributed by atoms with Gasteiger partial charge < -0.3 is 26.0 Å². The summed E-state index contributed by atoms with van der Waals surface area (Å²) in [5.41, 5.74) is 7.19. The van der Waals surface area contributed by atoms with E-state index in [0.717, 1.165) is 30.4 Å². The Balaban J connectivity index is 3.45. The van der Waals surface area contributed by atoms with Gasteiger partial charge in [-0.25, -0.2) is 4.79 Å². The first-order chi connectivity index (χ1) is 16.8. The molecule has 1 aromatic rings. The molecule has 2 atom stereocenters. The Bertz CT molecular complexity index is 910. The van der Waals surface area contributed by atoms with Gasteiger partial charge in [-0.1, -0.05) is 44.9 Å². The van der Waals surface area contributed by atoms with Crippen LogP contribution in [0.1, 0.15) is 89.5 Å². The molecule has 0 radical (unpaired) electrons. The van der Waals surface area contributed by atoms with Crippen LogP contribution < -0.4 is 16.4 Å². The lowest BCUT2D eigenvalue weighted by atomic mass is 9.94. The van der Waals surface area contributed by atoms with Gasteiger partial charge in [-0.15, -0.1) is 0 Å². The highest BCUT2D eigenvalue weighted by Gasteiger charge is 2.37. The number of aryl methyl sites for hydroxylation is 1. The standard InChI is InChI=1S/C27H44N4O5/c1-8-10-11-15-29-24(33)23(20-14-12-13-18(3)19(20)4)31(16-9-2)25(34)21(17-22(28)32)30-26(35)36-27(5,6)7/h12-14,21,23H,8-11,15-17H2,1-7H3,(H2,28,32)(H,29,33)(H,30,35). The lowest BCUT2D eigenvalue weighted by Gasteiger charge is -2.35. The van der Waals surface area contributed by atoms with Gasteiger partial charge in [-0.2, -0.15) is 0 Å². The highest BCUT2D eigenvalue weighted by molar-refractivity contribution is 5.94. The Labute approximate surface area is 215 Å². The predicted molar refractivity (Wildman–Crippen MR) is 140 cm³/mol. The summed E-state index contributed by atoms with van der Waals surface area (Å²) in [6, 6.07) is 3.42. The average molecular weight is 505 g/mol. The minimum Gasteiger partial charge on any atom is -0.444 e. The number of benzene rings is 1. The fraction of sp³-hybridized carbons (Fsp3) is 0.630. The van der Waals surface area contributed by atoms with Gasteiger partial charge in [0.1, 0.15) is 17.7 Å². The van der Waals surface area contributed by atoms with Crippen molar-refractivity contribution in [1.29, 1.82) is 0 Å². The number of nitrogens with one attached hydrogen (secondary N) is 2. The molecule has 0 aromatic heterocycles. The minimum atomic E-state index is -1.27. The van der Waals surface area contributed by atoms with Gasteiger partial charge >= 0.3 is 6.09 Å². The molecule has 4 amide bonds. The summed E-state index contributed by atoms with van der Waals surface area (Å²) in [4.78, 5) is 53.1. The van der Waals surface area contributed by atoms with Crippen molar-refractivity contribution < 1.29 is 23.9 Å². The summed E-state index contributed by atoms with van der Waals surface area (Å²) < 4.78 is 5.29. The molecule has 0 saturated heterocycles. The van der Waals surface area contributed by atoms with Crippen LogP contribution in [-0.4, -0.2) is 53.4 Å². The average Bonchev–Trinajstić information content (AvgIpc) is 2.76. The highest BCUT2D eigenvalue weighted by atomic mass is 16.6. The fourth-order valence-electron chi connectivity index (χ4n) is 3.86. The Hall–Kier alpha value is -3.10. The first-order valence-corrected chi connectivity index (χ1v) is 12.7. The first-order valence-electron chi connectivity index (χ1n) is 12.7. The molecule has 0 fully saturated rings. The number of hydrogen-bond acceptors (Lipinski definition) is 5. The second-order valence-corrected chi connectivity index (χ2v) is 10.1. The Morgan fingerprint density at radius 1 is 1.06 bits per heavy atom. The van der Waals surface area contributed by atoms with Crippen molar-refractivity contribution >= 4 is 23.8 Å². The topological polar surface area (TPSA) is 131 Å². The zero-order valence-corrected chi connectivity index (χ0v) is 22.9. The third-order valence-corrected chi connectivity index (χ3v) is 5.72. The maximum atomic E-state index is 13.8. The molecule has 0 aliphatic carbocycles. The molecule has 0 aliphatic heterocycles. The number of alkyl carbamates (subject to hydrolysis) is 1. The van der Waals surface area contributed by atoms with Crippen molar-refractivity contribution in [3.05, 3.63) is 34.9 Å². The van der Waals surface area contributed by atoms with E-state index in [1.165, 1.54) is 4.90 Å². The predicted octanol–water partition coefficient (Wildman–Crippen LogP) is 3.66. The Morgan fingerprint density at radius 3 is 2.28 bits per heavy atom. The normalized spacial score (nSPS) is 12.9. The largest absolute Gasteiger partial charge is 0.444 e. The lowest BCUT2D eigenvalue weighted by molar-refractivity contribution is -0.143. The zero-order valence-electron chi connectivity index (χ0n) is 22.9. The number of unbranched alkanes of at least 4 members (excludes halogenated alkanes) is 2. The lowest BCUT2D eigenvalue weighted by Crippen LogP contribution is -2.54. The molecule has 0 bridgehead atoms. The number of carbonyl (C=O) groups excluding carboxylic acids is 4. The Kier molecular flexibility index (Phi) is 12.4. The van der Waals surface area contributed by atoms with Crippen molar-refractivity contribution in [1.82, 2.24) is 15.5 Å². The van der Waals surface area contributed by atoms with Crippen LogP contribution in [0.4, 0.5) is 4.79 Å². The van der Waals surface area contributed by atoms with E-state index >= 15 is 0 Å². The van der Waals surface area contributed by atoms with E-state index in [0.29, 0.717) is 18.5 Å². The van der Waals surface area contributed by atoms with Gasteiger partial charge in [-0.05, 0) is 64.2 Å². The third-order valence-electron chi connectivity index (χ3n) is 5.72. The number of primary amides is 1. The highest BCUT2D eigenvalue weighted by Crippen LogP contribution is 2.28. The molecule has 9 heteroatoms. The maximum Gasteiger partial charge on any atom is 0.408 e. The van der Waals surface area contributed by atoms with Crippen molar-refractivity contribution in [2.45, 2.75) is 98.3 Å². The summed E-state index contributed by atoms with van der Waals surface area (Å²) in [7, 11) is 0. The summed E-state index contributed by atoms with van der Waals surface area (Å²) in [6.45, 7) is 13.6. The molecular weight excluding hydrogens is 460 g/mol. The van der Waals surface area contributed by atoms with Crippen molar-refractivity contribution in [3.8, 4) is 0 Å². The van der Waals surface area contributed by atoms with Gasteiger partial charge in [0.2, 0.25) is 17.7 Å². The number of nitrogens with zero attached hydrogens (tertiary/aromatic N) is 1. The number of amides is 4. The van der Waals surface area contributed by atoms with Crippen molar-refractivity contribution in [2.24, 2.45) is 5.73 Å². The first kappa shape index (κ1) is 30.9. The molecule has 0 spiro atoms. The summed E-state index contributed by atoms with van der Waals surface area (Å²) in [5.74, 6) is -1.64. The van der Waals surface area contributed by atoms with E-state index in [2.05, 4.69) is 17.6 Å². The molecule has 1 rings (SSSR count). The summed E-state index contributed by atoms with van der Waals surface area (Å²) in [5, 5.41) is 5.46. The van der Waals surface area contributed by atoms with Gasteiger partial charge in [0.15, 0.2) is 0 Å². The van der Waals surface area contributed by atoms with Gasteiger partial charge in [-0.3, -0.25) is 14.4 Å². The molecule has 2 unspecified atom stereocenters. The molecule has 0 heterocycles. The van der Waals surface area contributed by atoms with Crippen LogP contribution in [0.15, 0.2) is 18.2 Å². The molecule has 36 heavy (non-hydrogen) atoms. The van der Waals surface area contributed by atoms with Crippen LogP contribution >= 0.6 is 0 Å². The summed E-state index contributed by atoms with van der Waals surface area (Å²) >= 11 is 0. The van der Waals surface area contributed by atoms with Gasteiger partial charge in [0.25, 0.3) is 0 Å². The molecule has 1 aromatic carbocycles. The number of rotatable bonds is 13. The number of nitrogens with two attached hydrogens (primary N) is 1. The summed E-state index contributed by atoms with van der Waals surface area (Å²) in [6.07, 6.45) is 2.12. The third kappa shape index (κ3) is 9.87.